The largest absolute Gasteiger partial charge is 0.0683 e. The second-order valence-electron chi connectivity index (χ2n) is 3.48. The Morgan fingerprint density at radius 1 is 0.909 bits per heavy atom. The molecule has 0 heterocycles. The van der Waals surface area contributed by atoms with Gasteiger partial charge in [-0.2, -0.15) is 0 Å². The third-order valence-electron chi connectivity index (χ3n) is 1.93. The number of hydrogen-bond donors (Lipinski definition) is 0. The van der Waals surface area contributed by atoms with E-state index in [0.717, 1.165) is 11.8 Å². The highest BCUT2D eigenvalue weighted by Gasteiger charge is 1.99. The normalized spacial score (nSPS) is 12.3. The van der Waals surface area contributed by atoms with E-state index in [1.807, 2.05) is 13.8 Å². The molecule has 0 aromatic rings. The first-order valence-electron chi connectivity index (χ1n) is 5.16. The molecule has 0 amide bonds. The maximum absolute atomic E-state index is 2.34. The number of rotatable bonds is 4. The van der Waals surface area contributed by atoms with Crippen LogP contribution in [-0.4, -0.2) is 0 Å². The Bertz CT molecular complexity index is 55.1. The van der Waals surface area contributed by atoms with Crippen molar-refractivity contribution in [1.29, 1.82) is 0 Å². The molecule has 0 N–H and O–H groups in total. The van der Waals surface area contributed by atoms with E-state index in [4.69, 9.17) is 0 Å². The van der Waals surface area contributed by atoms with E-state index in [-0.39, 0.29) is 0 Å². The van der Waals surface area contributed by atoms with Crippen LogP contribution >= 0.6 is 0 Å². The zero-order chi connectivity index (χ0) is 9.28. The van der Waals surface area contributed by atoms with Crippen molar-refractivity contribution in [2.24, 2.45) is 11.8 Å². The van der Waals surface area contributed by atoms with Crippen molar-refractivity contribution in [3.63, 3.8) is 0 Å². The molecule has 11 heavy (non-hydrogen) atoms. The molecule has 1 atom stereocenters. The first-order chi connectivity index (χ1) is 5.16. The average Bonchev–Trinajstić information content (AvgIpc) is 2.04. The summed E-state index contributed by atoms with van der Waals surface area (Å²) >= 11 is 0. The lowest BCUT2D eigenvalue weighted by atomic mass is 9.98. The minimum atomic E-state index is 0.888. The van der Waals surface area contributed by atoms with Crippen LogP contribution in [0.5, 0.6) is 0 Å². The molecule has 0 aromatic carbocycles. The van der Waals surface area contributed by atoms with E-state index >= 15 is 0 Å². The summed E-state index contributed by atoms with van der Waals surface area (Å²) in [6, 6.07) is 0. The van der Waals surface area contributed by atoms with Crippen molar-refractivity contribution in [3.05, 3.63) is 0 Å². The zero-order valence-corrected chi connectivity index (χ0v) is 9.28. The van der Waals surface area contributed by atoms with E-state index < -0.39 is 0 Å². The molecule has 0 heteroatoms. The number of hydrogen-bond acceptors (Lipinski definition) is 0. The molecule has 0 rings (SSSR count). The van der Waals surface area contributed by atoms with E-state index in [1.165, 1.54) is 19.3 Å². The van der Waals surface area contributed by atoms with Crippen molar-refractivity contribution in [3.8, 4) is 0 Å². The zero-order valence-electron chi connectivity index (χ0n) is 9.28. The fourth-order valence-corrected chi connectivity index (χ4v) is 0.822. The summed E-state index contributed by atoms with van der Waals surface area (Å²) in [5.74, 6) is 1.83. The molecule has 0 aliphatic carbocycles. The first kappa shape index (κ1) is 13.6. The highest BCUT2D eigenvalue weighted by atomic mass is 14.1. The van der Waals surface area contributed by atoms with Crippen LogP contribution in [0.25, 0.3) is 0 Å². The summed E-state index contributed by atoms with van der Waals surface area (Å²) in [5.41, 5.74) is 0. The standard InChI is InChI=1S/C9H20.C2H6/c1-5-9(4)7-6-8(2)3;1-2/h8-9H,5-7H2,1-4H3;1-2H3. The minimum Gasteiger partial charge on any atom is -0.0683 e. The van der Waals surface area contributed by atoms with Gasteiger partial charge in [0.2, 0.25) is 0 Å². The Labute approximate surface area is 73.4 Å². The minimum absolute atomic E-state index is 0.888. The van der Waals surface area contributed by atoms with Gasteiger partial charge < -0.3 is 0 Å². The van der Waals surface area contributed by atoms with Gasteiger partial charge in [0.15, 0.2) is 0 Å². The van der Waals surface area contributed by atoms with Crippen LogP contribution in [0.3, 0.4) is 0 Å². The maximum atomic E-state index is 2.34. The fraction of sp³-hybridized carbons (Fsp3) is 1.00. The van der Waals surface area contributed by atoms with Crippen LogP contribution in [0.4, 0.5) is 0 Å². The lowest BCUT2D eigenvalue weighted by Gasteiger charge is -2.09. The Morgan fingerprint density at radius 2 is 1.36 bits per heavy atom. The van der Waals surface area contributed by atoms with Gasteiger partial charge in [-0.1, -0.05) is 60.8 Å². The molecule has 0 radical (unpaired) electrons. The molecule has 0 fully saturated rings. The summed E-state index contributed by atoms with van der Waals surface area (Å²) in [4.78, 5) is 0. The smallest absolute Gasteiger partial charge is 0.0445 e. The van der Waals surface area contributed by atoms with Gasteiger partial charge in [-0.25, -0.2) is 0 Å². The highest BCUT2D eigenvalue weighted by molar-refractivity contribution is 4.52. The highest BCUT2D eigenvalue weighted by Crippen LogP contribution is 2.13. The van der Waals surface area contributed by atoms with Crippen molar-refractivity contribution in [2.75, 3.05) is 0 Å². The molecule has 0 bridgehead atoms. The van der Waals surface area contributed by atoms with Crippen molar-refractivity contribution < 1.29 is 0 Å². The van der Waals surface area contributed by atoms with E-state index in [0.29, 0.717) is 0 Å². The first-order valence-corrected chi connectivity index (χ1v) is 5.16. The Hall–Kier alpha value is 0. The average molecular weight is 158 g/mol. The Morgan fingerprint density at radius 3 is 1.64 bits per heavy atom. The maximum Gasteiger partial charge on any atom is -0.0445 e. The fourth-order valence-electron chi connectivity index (χ4n) is 0.822. The van der Waals surface area contributed by atoms with Gasteiger partial charge >= 0.3 is 0 Å². The summed E-state index contributed by atoms with van der Waals surface area (Å²) in [7, 11) is 0. The second-order valence-corrected chi connectivity index (χ2v) is 3.48. The lowest BCUT2D eigenvalue weighted by Crippen LogP contribution is -1.95. The van der Waals surface area contributed by atoms with E-state index in [1.54, 1.807) is 0 Å². The molecular weight excluding hydrogens is 132 g/mol. The van der Waals surface area contributed by atoms with Gasteiger partial charge in [-0.05, 0) is 11.8 Å². The Kier molecular flexibility index (Phi) is 12.3. The topological polar surface area (TPSA) is 0 Å². The van der Waals surface area contributed by atoms with Crippen LogP contribution in [0, 0.1) is 11.8 Å². The predicted octanol–water partition coefficient (Wildman–Crippen LogP) is 4.49. The Balaban J connectivity index is 0. The lowest BCUT2D eigenvalue weighted by molar-refractivity contribution is 0.441. The molecule has 0 nitrogen and oxygen atoms in total. The molecule has 0 saturated heterocycles. The van der Waals surface area contributed by atoms with Crippen LogP contribution in [0.2, 0.25) is 0 Å². The molecule has 0 aliphatic rings. The molecule has 0 saturated carbocycles. The van der Waals surface area contributed by atoms with Gasteiger partial charge in [0.1, 0.15) is 0 Å². The van der Waals surface area contributed by atoms with Gasteiger partial charge in [-0.3, -0.25) is 0 Å². The van der Waals surface area contributed by atoms with Crippen molar-refractivity contribution in [1.82, 2.24) is 0 Å². The van der Waals surface area contributed by atoms with Crippen molar-refractivity contribution >= 4 is 0 Å². The van der Waals surface area contributed by atoms with E-state index in [9.17, 15) is 0 Å². The van der Waals surface area contributed by atoms with Gasteiger partial charge in [0, 0.05) is 0 Å². The third-order valence-corrected chi connectivity index (χ3v) is 1.93. The van der Waals surface area contributed by atoms with E-state index in [2.05, 4.69) is 27.7 Å². The molecule has 0 spiro atoms. The third kappa shape index (κ3) is 13.1. The molecule has 0 aromatic heterocycles. The van der Waals surface area contributed by atoms with Crippen LogP contribution in [-0.2, 0) is 0 Å². The van der Waals surface area contributed by atoms with Gasteiger partial charge in [0.25, 0.3) is 0 Å². The molecule has 0 aliphatic heterocycles. The summed E-state index contributed by atoms with van der Waals surface area (Å²) < 4.78 is 0. The van der Waals surface area contributed by atoms with Crippen LogP contribution in [0.15, 0.2) is 0 Å². The summed E-state index contributed by atoms with van der Waals surface area (Å²) in [6.07, 6.45) is 4.15. The predicted molar refractivity (Wildman–Crippen MR) is 54.9 cm³/mol. The second kappa shape index (κ2) is 10.0. The quantitative estimate of drug-likeness (QED) is 0.565. The SMILES string of the molecule is CC.CCC(C)CCC(C)C. The van der Waals surface area contributed by atoms with Gasteiger partial charge in [-0.15, -0.1) is 0 Å². The summed E-state index contributed by atoms with van der Waals surface area (Å²) in [6.45, 7) is 13.2. The van der Waals surface area contributed by atoms with Crippen molar-refractivity contribution in [2.45, 2.75) is 60.8 Å². The monoisotopic (exact) mass is 158 g/mol. The molecule has 1 unspecified atom stereocenters. The molecule has 70 valence electrons. The van der Waals surface area contributed by atoms with Crippen LogP contribution < -0.4 is 0 Å². The molecular formula is C11H26. The van der Waals surface area contributed by atoms with Gasteiger partial charge in [0.05, 0.1) is 0 Å². The summed E-state index contributed by atoms with van der Waals surface area (Å²) in [5, 5.41) is 0. The van der Waals surface area contributed by atoms with Crippen LogP contribution in [0.1, 0.15) is 60.8 Å².